The summed E-state index contributed by atoms with van der Waals surface area (Å²) < 4.78 is 0. The second-order valence-corrected chi connectivity index (χ2v) is 4.74. The first-order valence-electron chi connectivity index (χ1n) is 5.89. The highest BCUT2D eigenvalue weighted by Crippen LogP contribution is 2.29. The van der Waals surface area contributed by atoms with Crippen LogP contribution in [0.5, 0.6) is 0 Å². The Morgan fingerprint density at radius 1 is 1.06 bits per heavy atom. The van der Waals surface area contributed by atoms with Gasteiger partial charge in [-0.05, 0) is 23.1 Å². The minimum absolute atomic E-state index is 0.121. The Kier molecular flexibility index (Phi) is 4.39. The molecule has 2 rings (SSSR count). The number of nitrogen functional groups attached to an aromatic ring is 1. The number of hydrogen-bond donors (Lipinski definition) is 2. The highest BCUT2D eigenvalue weighted by atomic mass is 79.9. The van der Waals surface area contributed by atoms with E-state index in [9.17, 15) is 0 Å². The van der Waals surface area contributed by atoms with Crippen LogP contribution in [0.25, 0.3) is 11.1 Å². The Morgan fingerprint density at radius 3 is 2.39 bits per heavy atom. The fourth-order valence-corrected chi connectivity index (χ4v) is 2.35. The number of benzene rings is 2. The van der Waals surface area contributed by atoms with Crippen molar-refractivity contribution in [1.82, 2.24) is 0 Å². The van der Waals surface area contributed by atoms with Crippen molar-refractivity contribution in [3.63, 3.8) is 0 Å². The molecule has 0 unspecified atom stereocenters. The van der Waals surface area contributed by atoms with E-state index in [-0.39, 0.29) is 6.61 Å². The van der Waals surface area contributed by atoms with Crippen LogP contribution in [0.3, 0.4) is 0 Å². The topological polar surface area (TPSA) is 46.2 Å². The Morgan fingerprint density at radius 2 is 1.78 bits per heavy atom. The van der Waals surface area contributed by atoms with Crippen LogP contribution in [0.1, 0.15) is 11.1 Å². The third-order valence-corrected chi connectivity index (χ3v) is 3.64. The van der Waals surface area contributed by atoms with Crippen LogP contribution in [-0.4, -0.2) is 11.7 Å². The van der Waals surface area contributed by atoms with E-state index in [1.54, 1.807) is 0 Å². The second-order valence-electron chi connectivity index (χ2n) is 4.18. The highest BCUT2D eigenvalue weighted by molar-refractivity contribution is 9.08. The third-order valence-electron chi connectivity index (χ3n) is 3.00. The van der Waals surface area contributed by atoms with Gasteiger partial charge in [0.25, 0.3) is 0 Å². The fraction of sp³-hybridized carbons (Fsp3) is 0.200. The highest BCUT2D eigenvalue weighted by Gasteiger charge is 2.06. The summed E-state index contributed by atoms with van der Waals surface area (Å²) in [5.74, 6) is 0. The Hall–Kier alpha value is -1.32. The molecular weight excluding hydrogens is 290 g/mol. The lowest BCUT2D eigenvalue weighted by Crippen LogP contribution is -1.99. The van der Waals surface area contributed by atoms with Crippen LogP contribution in [-0.2, 0) is 11.8 Å². The predicted molar refractivity (Wildman–Crippen MR) is 79.7 cm³/mol. The average Bonchev–Trinajstić information content (AvgIpc) is 2.42. The summed E-state index contributed by atoms with van der Waals surface area (Å²) in [5, 5.41) is 9.87. The Balaban J connectivity index is 2.40. The molecule has 0 aliphatic rings. The first kappa shape index (κ1) is 13.1. The SMILES string of the molecule is Nc1c(CCO)cccc1-c1ccc(CBr)cc1. The molecule has 2 aromatic rings. The molecular formula is C15H16BrNO. The molecule has 0 fully saturated rings. The van der Waals surface area contributed by atoms with Crippen LogP contribution in [0.15, 0.2) is 42.5 Å². The van der Waals surface area contributed by atoms with Gasteiger partial charge in [0.2, 0.25) is 0 Å². The first-order valence-corrected chi connectivity index (χ1v) is 7.02. The number of anilines is 1. The van der Waals surface area contributed by atoms with E-state index in [4.69, 9.17) is 10.8 Å². The molecule has 2 nitrogen and oxygen atoms in total. The molecule has 94 valence electrons. The van der Waals surface area contributed by atoms with E-state index in [0.29, 0.717) is 6.42 Å². The summed E-state index contributed by atoms with van der Waals surface area (Å²) in [6.07, 6.45) is 0.596. The molecule has 2 aromatic carbocycles. The molecule has 0 amide bonds. The van der Waals surface area contributed by atoms with E-state index < -0.39 is 0 Å². The van der Waals surface area contributed by atoms with Gasteiger partial charge in [0.05, 0.1) is 0 Å². The smallest absolute Gasteiger partial charge is 0.0472 e. The van der Waals surface area contributed by atoms with Crippen molar-refractivity contribution < 1.29 is 5.11 Å². The fourth-order valence-electron chi connectivity index (χ4n) is 1.98. The lowest BCUT2D eigenvalue weighted by atomic mass is 9.98. The average molecular weight is 306 g/mol. The van der Waals surface area contributed by atoms with E-state index >= 15 is 0 Å². The quantitative estimate of drug-likeness (QED) is 0.672. The summed E-state index contributed by atoms with van der Waals surface area (Å²) in [6.45, 7) is 0.121. The lowest BCUT2D eigenvalue weighted by molar-refractivity contribution is 0.300. The van der Waals surface area contributed by atoms with Gasteiger partial charge in [0.15, 0.2) is 0 Å². The molecule has 0 bridgehead atoms. The van der Waals surface area contributed by atoms with E-state index in [1.807, 2.05) is 18.2 Å². The van der Waals surface area contributed by atoms with Gasteiger partial charge in [-0.2, -0.15) is 0 Å². The Labute approximate surface area is 116 Å². The normalized spacial score (nSPS) is 10.6. The third kappa shape index (κ3) is 2.74. The number of halogens is 1. The molecule has 3 heteroatoms. The Bertz CT molecular complexity index is 523. The molecule has 0 radical (unpaired) electrons. The zero-order valence-electron chi connectivity index (χ0n) is 10.1. The molecule has 0 heterocycles. The summed E-state index contributed by atoms with van der Waals surface area (Å²) >= 11 is 3.43. The van der Waals surface area contributed by atoms with Crippen LogP contribution < -0.4 is 5.73 Å². The van der Waals surface area contributed by atoms with Crippen molar-refractivity contribution in [3.8, 4) is 11.1 Å². The van der Waals surface area contributed by atoms with Gasteiger partial charge in [-0.15, -0.1) is 0 Å². The molecule has 0 atom stereocenters. The molecule has 18 heavy (non-hydrogen) atoms. The molecule has 0 saturated heterocycles. The molecule has 0 aliphatic heterocycles. The number of aliphatic hydroxyl groups excluding tert-OH is 1. The lowest BCUT2D eigenvalue weighted by Gasteiger charge is -2.11. The van der Waals surface area contributed by atoms with Crippen molar-refractivity contribution >= 4 is 21.6 Å². The minimum atomic E-state index is 0.121. The van der Waals surface area contributed by atoms with E-state index in [0.717, 1.165) is 27.7 Å². The summed E-state index contributed by atoms with van der Waals surface area (Å²) in [7, 11) is 0. The van der Waals surface area contributed by atoms with Gasteiger partial charge in [-0.25, -0.2) is 0 Å². The molecule has 0 saturated carbocycles. The maximum Gasteiger partial charge on any atom is 0.0472 e. The molecule has 0 spiro atoms. The maximum atomic E-state index is 9.01. The van der Waals surface area contributed by atoms with Crippen molar-refractivity contribution in [2.45, 2.75) is 11.8 Å². The zero-order valence-corrected chi connectivity index (χ0v) is 11.7. The maximum absolute atomic E-state index is 9.01. The van der Waals surface area contributed by atoms with Crippen LogP contribution in [0.4, 0.5) is 5.69 Å². The van der Waals surface area contributed by atoms with Crippen molar-refractivity contribution in [3.05, 3.63) is 53.6 Å². The van der Waals surface area contributed by atoms with Gasteiger partial charge in [-0.3, -0.25) is 0 Å². The standard InChI is InChI=1S/C15H16BrNO/c16-10-11-4-6-12(7-5-11)14-3-1-2-13(8-9-18)15(14)17/h1-7,18H,8-10,17H2. The molecule has 0 aliphatic carbocycles. The molecule has 0 aromatic heterocycles. The van der Waals surface area contributed by atoms with Crippen molar-refractivity contribution in [2.75, 3.05) is 12.3 Å². The molecule has 3 N–H and O–H groups in total. The van der Waals surface area contributed by atoms with Gasteiger partial charge in [0, 0.05) is 23.2 Å². The predicted octanol–water partition coefficient (Wildman–Crippen LogP) is 3.37. The summed E-state index contributed by atoms with van der Waals surface area (Å²) in [6, 6.07) is 14.3. The zero-order chi connectivity index (χ0) is 13.0. The first-order chi connectivity index (χ1) is 8.76. The van der Waals surface area contributed by atoms with Crippen molar-refractivity contribution in [1.29, 1.82) is 0 Å². The number of alkyl halides is 1. The number of aliphatic hydroxyl groups is 1. The van der Waals surface area contributed by atoms with E-state index in [1.165, 1.54) is 5.56 Å². The summed E-state index contributed by atoms with van der Waals surface area (Å²) in [4.78, 5) is 0. The van der Waals surface area contributed by atoms with Crippen molar-refractivity contribution in [2.24, 2.45) is 0 Å². The summed E-state index contributed by atoms with van der Waals surface area (Å²) in [5.41, 5.74) is 11.3. The van der Waals surface area contributed by atoms with Gasteiger partial charge < -0.3 is 10.8 Å². The van der Waals surface area contributed by atoms with Gasteiger partial charge >= 0.3 is 0 Å². The number of nitrogens with two attached hydrogens (primary N) is 1. The van der Waals surface area contributed by atoms with Crippen LogP contribution in [0, 0.1) is 0 Å². The van der Waals surface area contributed by atoms with Crippen LogP contribution in [0.2, 0.25) is 0 Å². The minimum Gasteiger partial charge on any atom is -0.398 e. The van der Waals surface area contributed by atoms with Crippen LogP contribution >= 0.6 is 15.9 Å². The van der Waals surface area contributed by atoms with Gasteiger partial charge in [-0.1, -0.05) is 58.4 Å². The second kappa shape index (κ2) is 6.03. The number of para-hydroxylation sites is 1. The number of hydrogen-bond acceptors (Lipinski definition) is 2. The van der Waals surface area contributed by atoms with Gasteiger partial charge in [0.1, 0.15) is 0 Å². The van der Waals surface area contributed by atoms with E-state index in [2.05, 4.69) is 40.2 Å². The number of rotatable bonds is 4. The monoisotopic (exact) mass is 305 g/mol. The largest absolute Gasteiger partial charge is 0.398 e.